The molecule has 1 aliphatic carbocycles. The van der Waals surface area contributed by atoms with Gasteiger partial charge in [0.25, 0.3) is 5.91 Å². The van der Waals surface area contributed by atoms with Crippen LogP contribution >= 0.6 is 0 Å². The lowest BCUT2D eigenvalue weighted by molar-refractivity contribution is 0.0828. The van der Waals surface area contributed by atoms with Crippen LogP contribution in [0.3, 0.4) is 0 Å². The van der Waals surface area contributed by atoms with E-state index < -0.39 is 0 Å². The summed E-state index contributed by atoms with van der Waals surface area (Å²) in [5.74, 6) is 0.522. The Hall–Kier alpha value is -1.71. The number of amides is 1. The maximum absolute atomic E-state index is 11.8. The van der Waals surface area contributed by atoms with E-state index in [-0.39, 0.29) is 12.0 Å². The average molecular weight is 220 g/mol. The molecule has 0 unspecified atom stereocenters. The lowest BCUT2D eigenvalue weighted by Crippen LogP contribution is -2.23. The summed E-state index contributed by atoms with van der Waals surface area (Å²) in [5.41, 5.74) is 6.87. The van der Waals surface area contributed by atoms with Gasteiger partial charge in [-0.1, -0.05) is 6.07 Å². The van der Waals surface area contributed by atoms with Crippen LogP contribution in [0.4, 0.5) is 5.69 Å². The molecule has 0 heterocycles. The maximum Gasteiger partial charge on any atom is 0.255 e. The predicted molar refractivity (Wildman–Crippen MR) is 62.5 cm³/mol. The zero-order valence-electron chi connectivity index (χ0n) is 9.56. The summed E-state index contributed by atoms with van der Waals surface area (Å²) >= 11 is 0. The normalized spacial score (nSPS) is 14.6. The Morgan fingerprint density at radius 3 is 2.69 bits per heavy atom. The summed E-state index contributed by atoms with van der Waals surface area (Å²) < 4.78 is 5.63. The second kappa shape index (κ2) is 4.04. The van der Waals surface area contributed by atoms with Gasteiger partial charge < -0.3 is 15.4 Å². The minimum Gasteiger partial charge on any atom is -0.488 e. The van der Waals surface area contributed by atoms with E-state index >= 15 is 0 Å². The molecule has 2 N–H and O–H groups in total. The molecule has 86 valence electrons. The maximum atomic E-state index is 11.8. The Bertz CT molecular complexity index is 411. The summed E-state index contributed by atoms with van der Waals surface area (Å²) in [4.78, 5) is 13.3. The van der Waals surface area contributed by atoms with Gasteiger partial charge in [-0.25, -0.2) is 0 Å². The van der Waals surface area contributed by atoms with E-state index in [9.17, 15) is 4.79 Å². The number of benzene rings is 1. The highest BCUT2D eigenvalue weighted by Gasteiger charge is 2.25. The van der Waals surface area contributed by atoms with Crippen molar-refractivity contribution < 1.29 is 9.53 Å². The van der Waals surface area contributed by atoms with Gasteiger partial charge >= 0.3 is 0 Å². The molecule has 0 aliphatic heterocycles. The molecule has 2 rings (SSSR count). The van der Waals surface area contributed by atoms with Crippen molar-refractivity contribution in [3.63, 3.8) is 0 Å². The lowest BCUT2D eigenvalue weighted by Gasteiger charge is -2.14. The number of carbonyl (C=O) groups excluding carboxylic acids is 1. The highest BCUT2D eigenvalue weighted by atomic mass is 16.5. The molecule has 0 radical (unpaired) electrons. The van der Waals surface area contributed by atoms with Crippen LogP contribution in [0.15, 0.2) is 18.2 Å². The van der Waals surface area contributed by atoms with Gasteiger partial charge in [-0.3, -0.25) is 4.79 Å². The summed E-state index contributed by atoms with van der Waals surface area (Å²) in [6.45, 7) is 0. The van der Waals surface area contributed by atoms with Crippen LogP contribution in [-0.4, -0.2) is 31.0 Å². The number of anilines is 1. The van der Waals surface area contributed by atoms with Gasteiger partial charge in [0.05, 0.1) is 17.4 Å². The van der Waals surface area contributed by atoms with E-state index in [1.54, 1.807) is 32.3 Å². The van der Waals surface area contributed by atoms with Gasteiger partial charge in [0.1, 0.15) is 5.75 Å². The van der Waals surface area contributed by atoms with Crippen molar-refractivity contribution in [2.75, 3.05) is 19.8 Å². The molecule has 0 atom stereocenters. The summed E-state index contributed by atoms with van der Waals surface area (Å²) in [6, 6.07) is 5.32. The molecule has 1 aromatic carbocycles. The van der Waals surface area contributed by atoms with Crippen molar-refractivity contribution in [2.45, 2.75) is 18.9 Å². The largest absolute Gasteiger partial charge is 0.488 e. The minimum absolute atomic E-state index is 0.0984. The zero-order valence-corrected chi connectivity index (χ0v) is 9.56. The predicted octanol–water partition coefficient (Wildman–Crippen LogP) is 1.51. The SMILES string of the molecule is CN(C)C(=O)c1cccc(OC2CC2)c1N. The molecule has 0 saturated heterocycles. The van der Waals surface area contributed by atoms with Crippen LogP contribution in [0.25, 0.3) is 0 Å². The van der Waals surface area contributed by atoms with Crippen LogP contribution in [0, 0.1) is 0 Å². The molecule has 4 heteroatoms. The molecule has 1 fully saturated rings. The fourth-order valence-electron chi connectivity index (χ4n) is 1.44. The fraction of sp³-hybridized carbons (Fsp3) is 0.417. The molecule has 0 aromatic heterocycles. The second-order valence-electron chi connectivity index (χ2n) is 4.23. The lowest BCUT2D eigenvalue weighted by atomic mass is 10.1. The topological polar surface area (TPSA) is 55.6 Å². The molecule has 4 nitrogen and oxygen atoms in total. The molecular formula is C12H16N2O2. The van der Waals surface area contributed by atoms with Gasteiger partial charge in [0.15, 0.2) is 0 Å². The Morgan fingerprint density at radius 2 is 2.12 bits per heavy atom. The number of ether oxygens (including phenoxy) is 1. The fourth-order valence-corrected chi connectivity index (χ4v) is 1.44. The molecule has 1 saturated carbocycles. The van der Waals surface area contributed by atoms with Gasteiger partial charge in [-0.2, -0.15) is 0 Å². The van der Waals surface area contributed by atoms with Crippen molar-refractivity contribution in [2.24, 2.45) is 0 Å². The Balaban J connectivity index is 2.27. The third-order valence-corrected chi connectivity index (χ3v) is 2.52. The molecule has 0 bridgehead atoms. The number of nitrogen functional groups attached to an aromatic ring is 1. The Morgan fingerprint density at radius 1 is 1.44 bits per heavy atom. The van der Waals surface area contributed by atoms with Crippen LogP contribution < -0.4 is 10.5 Å². The second-order valence-corrected chi connectivity index (χ2v) is 4.23. The van der Waals surface area contributed by atoms with E-state index in [4.69, 9.17) is 10.5 Å². The quantitative estimate of drug-likeness (QED) is 0.785. The summed E-state index contributed by atoms with van der Waals surface area (Å²) in [7, 11) is 3.41. The third-order valence-electron chi connectivity index (χ3n) is 2.52. The minimum atomic E-state index is -0.0984. The highest BCUT2D eigenvalue weighted by molar-refractivity contribution is 6.00. The van der Waals surface area contributed by atoms with Crippen LogP contribution in [-0.2, 0) is 0 Å². The van der Waals surface area contributed by atoms with Gasteiger partial charge in [0.2, 0.25) is 0 Å². The van der Waals surface area contributed by atoms with E-state index in [2.05, 4.69) is 0 Å². The number of hydrogen-bond acceptors (Lipinski definition) is 3. The number of nitrogens with two attached hydrogens (primary N) is 1. The van der Waals surface area contributed by atoms with Crippen molar-refractivity contribution >= 4 is 11.6 Å². The number of hydrogen-bond donors (Lipinski definition) is 1. The molecule has 16 heavy (non-hydrogen) atoms. The molecule has 0 spiro atoms. The molecule has 1 aromatic rings. The molecular weight excluding hydrogens is 204 g/mol. The Kier molecular flexibility index (Phi) is 2.73. The first-order valence-corrected chi connectivity index (χ1v) is 5.36. The third kappa shape index (κ3) is 2.10. The van der Waals surface area contributed by atoms with Crippen molar-refractivity contribution in [1.29, 1.82) is 0 Å². The highest BCUT2D eigenvalue weighted by Crippen LogP contribution is 2.32. The van der Waals surface area contributed by atoms with E-state index in [0.29, 0.717) is 17.0 Å². The van der Waals surface area contributed by atoms with Crippen molar-refractivity contribution in [1.82, 2.24) is 4.90 Å². The van der Waals surface area contributed by atoms with Gasteiger partial charge in [-0.05, 0) is 25.0 Å². The van der Waals surface area contributed by atoms with Crippen molar-refractivity contribution in [3.8, 4) is 5.75 Å². The van der Waals surface area contributed by atoms with Gasteiger partial charge in [-0.15, -0.1) is 0 Å². The molecule has 1 aliphatic rings. The van der Waals surface area contributed by atoms with Crippen LogP contribution in [0.1, 0.15) is 23.2 Å². The first kappa shape index (κ1) is 10.8. The van der Waals surface area contributed by atoms with E-state index in [1.165, 1.54) is 4.90 Å². The first-order valence-electron chi connectivity index (χ1n) is 5.36. The smallest absolute Gasteiger partial charge is 0.255 e. The zero-order chi connectivity index (χ0) is 11.7. The number of carbonyl (C=O) groups is 1. The van der Waals surface area contributed by atoms with Crippen molar-refractivity contribution in [3.05, 3.63) is 23.8 Å². The van der Waals surface area contributed by atoms with E-state index in [1.807, 2.05) is 0 Å². The van der Waals surface area contributed by atoms with E-state index in [0.717, 1.165) is 12.8 Å². The van der Waals surface area contributed by atoms with Crippen LogP contribution in [0.5, 0.6) is 5.75 Å². The standard InChI is InChI=1S/C12H16N2O2/c1-14(2)12(15)9-4-3-5-10(11(9)13)16-8-6-7-8/h3-5,8H,6-7,13H2,1-2H3. The monoisotopic (exact) mass is 220 g/mol. The number of nitrogens with zero attached hydrogens (tertiary/aromatic N) is 1. The van der Waals surface area contributed by atoms with Crippen LogP contribution in [0.2, 0.25) is 0 Å². The summed E-state index contributed by atoms with van der Waals surface area (Å²) in [6.07, 6.45) is 2.43. The Labute approximate surface area is 95.0 Å². The average Bonchev–Trinajstić information content (AvgIpc) is 3.04. The molecule has 1 amide bonds. The number of para-hydroxylation sites is 1. The summed E-state index contributed by atoms with van der Waals surface area (Å²) in [5, 5.41) is 0. The number of rotatable bonds is 3. The van der Waals surface area contributed by atoms with Gasteiger partial charge in [0, 0.05) is 14.1 Å². The first-order chi connectivity index (χ1) is 7.59.